The zero-order valence-electron chi connectivity index (χ0n) is 13.0. The van der Waals surface area contributed by atoms with Gasteiger partial charge in [-0.3, -0.25) is 0 Å². The SMILES string of the molecule is CC(NC(C)C1CC2CCC1C2)c1ccc2c(c1)OCO2. The maximum atomic E-state index is 5.48. The molecule has 0 amide bonds. The van der Waals surface area contributed by atoms with Crippen molar-refractivity contribution in [1.82, 2.24) is 5.32 Å². The summed E-state index contributed by atoms with van der Waals surface area (Å²) in [5, 5.41) is 3.82. The van der Waals surface area contributed by atoms with Gasteiger partial charge in [0, 0.05) is 12.1 Å². The van der Waals surface area contributed by atoms with Crippen molar-refractivity contribution in [2.45, 2.75) is 51.6 Å². The van der Waals surface area contributed by atoms with Crippen molar-refractivity contribution in [2.24, 2.45) is 17.8 Å². The minimum Gasteiger partial charge on any atom is -0.454 e. The van der Waals surface area contributed by atoms with Crippen LogP contribution in [-0.2, 0) is 0 Å². The average molecular weight is 287 g/mol. The summed E-state index contributed by atoms with van der Waals surface area (Å²) in [4.78, 5) is 0. The Bertz CT molecular complexity index is 530. The fourth-order valence-corrected chi connectivity index (χ4v) is 4.70. The Labute approximate surface area is 127 Å². The first-order chi connectivity index (χ1) is 10.2. The molecule has 1 N–H and O–H groups in total. The first kappa shape index (κ1) is 13.4. The van der Waals surface area contributed by atoms with Gasteiger partial charge in [-0.2, -0.15) is 0 Å². The highest BCUT2D eigenvalue weighted by Gasteiger charge is 2.41. The number of benzene rings is 1. The van der Waals surface area contributed by atoms with E-state index in [0.717, 1.165) is 29.3 Å². The Hall–Kier alpha value is -1.22. The lowest BCUT2D eigenvalue weighted by atomic mass is 9.83. The zero-order chi connectivity index (χ0) is 14.4. The third kappa shape index (κ3) is 2.42. The van der Waals surface area contributed by atoms with Crippen LogP contribution < -0.4 is 14.8 Å². The second-order valence-corrected chi connectivity index (χ2v) is 7.13. The third-order valence-corrected chi connectivity index (χ3v) is 5.84. The van der Waals surface area contributed by atoms with Gasteiger partial charge in [0.25, 0.3) is 0 Å². The van der Waals surface area contributed by atoms with Crippen LogP contribution in [0.2, 0.25) is 0 Å². The number of hydrogen-bond acceptors (Lipinski definition) is 3. The van der Waals surface area contributed by atoms with Crippen molar-refractivity contribution in [3.63, 3.8) is 0 Å². The van der Waals surface area contributed by atoms with Gasteiger partial charge in [0.1, 0.15) is 0 Å². The Balaban J connectivity index is 1.42. The monoisotopic (exact) mass is 287 g/mol. The van der Waals surface area contributed by atoms with Gasteiger partial charge < -0.3 is 14.8 Å². The van der Waals surface area contributed by atoms with E-state index in [2.05, 4.69) is 31.3 Å². The highest BCUT2D eigenvalue weighted by atomic mass is 16.7. The lowest BCUT2D eigenvalue weighted by molar-refractivity contribution is 0.174. The van der Waals surface area contributed by atoms with Crippen LogP contribution in [0.15, 0.2) is 18.2 Å². The summed E-state index contributed by atoms with van der Waals surface area (Å²) in [6, 6.07) is 7.25. The predicted molar refractivity (Wildman–Crippen MR) is 82.5 cm³/mol. The van der Waals surface area contributed by atoms with Crippen LogP contribution in [0.4, 0.5) is 0 Å². The molecule has 114 valence electrons. The van der Waals surface area contributed by atoms with Crippen molar-refractivity contribution in [3.8, 4) is 11.5 Å². The summed E-state index contributed by atoms with van der Waals surface area (Å²) < 4.78 is 10.9. The smallest absolute Gasteiger partial charge is 0.231 e. The molecule has 1 heterocycles. The molecule has 21 heavy (non-hydrogen) atoms. The van der Waals surface area contributed by atoms with Gasteiger partial charge in [-0.1, -0.05) is 12.5 Å². The standard InChI is InChI=1S/C18H25NO2/c1-11(14-5-6-17-18(9-14)21-10-20-17)19-12(2)16-8-13-3-4-15(16)7-13/h5-6,9,11-13,15-16,19H,3-4,7-8,10H2,1-2H3. The van der Waals surface area contributed by atoms with Crippen LogP contribution in [0.3, 0.4) is 0 Å². The molecule has 1 aromatic rings. The summed E-state index contributed by atoms with van der Waals surface area (Å²) in [5.74, 6) is 4.62. The van der Waals surface area contributed by atoms with E-state index in [4.69, 9.17) is 9.47 Å². The molecule has 1 aliphatic heterocycles. The van der Waals surface area contributed by atoms with Crippen molar-refractivity contribution in [1.29, 1.82) is 0 Å². The molecule has 2 bridgehead atoms. The van der Waals surface area contributed by atoms with Gasteiger partial charge in [-0.15, -0.1) is 0 Å². The molecular weight excluding hydrogens is 262 g/mol. The largest absolute Gasteiger partial charge is 0.454 e. The maximum absolute atomic E-state index is 5.48. The lowest BCUT2D eigenvalue weighted by Gasteiger charge is -2.31. The van der Waals surface area contributed by atoms with E-state index in [0.29, 0.717) is 18.9 Å². The first-order valence-corrected chi connectivity index (χ1v) is 8.36. The van der Waals surface area contributed by atoms with Crippen LogP contribution in [0.25, 0.3) is 0 Å². The van der Waals surface area contributed by atoms with E-state index in [9.17, 15) is 0 Å². The van der Waals surface area contributed by atoms with Gasteiger partial charge >= 0.3 is 0 Å². The number of fused-ring (bicyclic) bond motifs is 3. The molecule has 2 fully saturated rings. The molecule has 0 spiro atoms. The van der Waals surface area contributed by atoms with Crippen molar-refractivity contribution in [3.05, 3.63) is 23.8 Å². The molecule has 4 rings (SSSR count). The maximum Gasteiger partial charge on any atom is 0.231 e. The molecule has 2 aliphatic carbocycles. The normalized spacial score (nSPS) is 32.4. The Kier molecular flexibility index (Phi) is 3.33. The highest BCUT2D eigenvalue weighted by Crippen LogP contribution is 2.49. The van der Waals surface area contributed by atoms with E-state index < -0.39 is 0 Å². The topological polar surface area (TPSA) is 30.5 Å². The molecule has 3 nitrogen and oxygen atoms in total. The molecule has 0 aromatic heterocycles. The molecule has 2 saturated carbocycles. The van der Waals surface area contributed by atoms with Crippen LogP contribution in [0, 0.1) is 17.8 Å². The lowest BCUT2D eigenvalue weighted by Crippen LogP contribution is -2.37. The van der Waals surface area contributed by atoms with Gasteiger partial charge in [-0.25, -0.2) is 0 Å². The Morgan fingerprint density at radius 2 is 1.95 bits per heavy atom. The molecule has 3 aliphatic rings. The van der Waals surface area contributed by atoms with Gasteiger partial charge in [0.15, 0.2) is 11.5 Å². The fourth-order valence-electron chi connectivity index (χ4n) is 4.70. The molecular formula is C18H25NO2. The predicted octanol–water partition coefficient (Wildman–Crippen LogP) is 3.89. The van der Waals surface area contributed by atoms with Crippen molar-refractivity contribution < 1.29 is 9.47 Å². The van der Waals surface area contributed by atoms with E-state index >= 15 is 0 Å². The van der Waals surface area contributed by atoms with Crippen LogP contribution in [-0.4, -0.2) is 12.8 Å². The van der Waals surface area contributed by atoms with Gasteiger partial charge in [0.05, 0.1) is 0 Å². The minimum absolute atomic E-state index is 0.349. The van der Waals surface area contributed by atoms with Gasteiger partial charge in [-0.05, 0) is 68.6 Å². The fraction of sp³-hybridized carbons (Fsp3) is 0.667. The first-order valence-electron chi connectivity index (χ1n) is 8.36. The summed E-state index contributed by atoms with van der Waals surface area (Å²) in [6.45, 7) is 4.97. The number of nitrogens with one attached hydrogen (secondary N) is 1. The van der Waals surface area contributed by atoms with Crippen LogP contribution >= 0.6 is 0 Å². The summed E-state index contributed by atoms with van der Waals surface area (Å²) in [6.07, 6.45) is 5.85. The Morgan fingerprint density at radius 1 is 1.10 bits per heavy atom. The molecule has 0 saturated heterocycles. The summed E-state index contributed by atoms with van der Waals surface area (Å²) in [5.41, 5.74) is 1.29. The van der Waals surface area contributed by atoms with Crippen molar-refractivity contribution >= 4 is 0 Å². The Morgan fingerprint density at radius 3 is 2.71 bits per heavy atom. The average Bonchev–Trinajstić information content (AvgIpc) is 3.21. The molecule has 5 unspecified atom stereocenters. The quantitative estimate of drug-likeness (QED) is 0.911. The van der Waals surface area contributed by atoms with Crippen LogP contribution in [0.5, 0.6) is 11.5 Å². The summed E-state index contributed by atoms with van der Waals surface area (Å²) >= 11 is 0. The minimum atomic E-state index is 0.349. The molecule has 5 atom stereocenters. The van der Waals surface area contributed by atoms with E-state index in [1.54, 1.807) is 0 Å². The molecule has 0 radical (unpaired) electrons. The van der Waals surface area contributed by atoms with E-state index in [-0.39, 0.29) is 0 Å². The number of ether oxygens (including phenoxy) is 2. The second kappa shape index (κ2) is 5.20. The third-order valence-electron chi connectivity index (χ3n) is 5.84. The molecule has 3 heteroatoms. The zero-order valence-corrected chi connectivity index (χ0v) is 13.0. The van der Waals surface area contributed by atoms with E-state index in [1.165, 1.54) is 31.2 Å². The summed E-state index contributed by atoms with van der Waals surface area (Å²) in [7, 11) is 0. The highest BCUT2D eigenvalue weighted by molar-refractivity contribution is 5.45. The van der Waals surface area contributed by atoms with Crippen molar-refractivity contribution in [2.75, 3.05) is 6.79 Å². The van der Waals surface area contributed by atoms with Gasteiger partial charge in [0.2, 0.25) is 6.79 Å². The van der Waals surface area contributed by atoms with E-state index in [1.807, 2.05) is 6.07 Å². The number of hydrogen-bond donors (Lipinski definition) is 1. The molecule has 1 aromatic carbocycles. The second-order valence-electron chi connectivity index (χ2n) is 7.13. The number of rotatable bonds is 4. The van der Waals surface area contributed by atoms with Crippen LogP contribution in [0.1, 0.15) is 51.1 Å².